The fourth-order valence-corrected chi connectivity index (χ4v) is 3.08. The molecule has 7 heteroatoms. The van der Waals surface area contributed by atoms with Gasteiger partial charge in [-0.1, -0.05) is 24.3 Å². The van der Waals surface area contributed by atoms with E-state index in [0.717, 1.165) is 5.39 Å². The van der Waals surface area contributed by atoms with Crippen LogP contribution in [0, 0.1) is 6.92 Å². The van der Waals surface area contributed by atoms with Gasteiger partial charge in [0.1, 0.15) is 5.58 Å². The number of hydrogen-bond donors (Lipinski definition) is 2. The summed E-state index contributed by atoms with van der Waals surface area (Å²) in [7, 11) is -3.85. The minimum absolute atomic E-state index is 0.0279. The molecule has 0 aliphatic carbocycles. The normalized spacial score (nSPS) is 11.6. The molecule has 0 saturated carbocycles. The average molecular weight is 330 g/mol. The van der Waals surface area contributed by atoms with E-state index in [4.69, 9.17) is 9.56 Å². The van der Waals surface area contributed by atoms with E-state index in [1.165, 1.54) is 6.07 Å². The van der Waals surface area contributed by atoms with E-state index >= 15 is 0 Å². The number of nitrogens with one attached hydrogen (secondary N) is 1. The monoisotopic (exact) mass is 330 g/mol. The zero-order valence-corrected chi connectivity index (χ0v) is 13.1. The number of sulfonamides is 1. The second kappa shape index (κ2) is 5.53. The number of carbonyl (C=O) groups is 1. The predicted molar refractivity (Wildman–Crippen MR) is 86.7 cm³/mol. The minimum Gasteiger partial charge on any atom is -0.451 e. The van der Waals surface area contributed by atoms with Gasteiger partial charge in [-0.15, -0.1) is 0 Å². The first kappa shape index (κ1) is 15.3. The van der Waals surface area contributed by atoms with Gasteiger partial charge in [0, 0.05) is 11.1 Å². The summed E-state index contributed by atoms with van der Waals surface area (Å²) in [5.74, 6) is -0.325. The van der Waals surface area contributed by atoms with E-state index in [1.54, 1.807) is 31.2 Å². The smallest absolute Gasteiger partial charge is 0.291 e. The number of primary sulfonamides is 1. The maximum Gasteiger partial charge on any atom is 0.291 e. The van der Waals surface area contributed by atoms with Gasteiger partial charge in [0.15, 0.2) is 5.76 Å². The Labute approximate surface area is 133 Å². The molecule has 118 valence electrons. The van der Waals surface area contributed by atoms with Crippen LogP contribution in [0.3, 0.4) is 0 Å². The highest BCUT2D eigenvalue weighted by Crippen LogP contribution is 2.22. The molecular formula is C16H14N2O4S. The molecule has 0 unspecified atom stereocenters. The molecule has 3 aromatic rings. The van der Waals surface area contributed by atoms with Crippen molar-refractivity contribution in [3.63, 3.8) is 0 Å². The first-order valence-corrected chi connectivity index (χ1v) is 8.32. The number of nitrogens with two attached hydrogens (primary N) is 1. The van der Waals surface area contributed by atoms with Crippen LogP contribution in [0.5, 0.6) is 0 Å². The third-order valence-electron chi connectivity index (χ3n) is 3.40. The Morgan fingerprint density at radius 3 is 2.57 bits per heavy atom. The van der Waals surface area contributed by atoms with Crippen LogP contribution in [0.25, 0.3) is 11.0 Å². The summed E-state index contributed by atoms with van der Waals surface area (Å²) in [6, 6.07) is 13.4. The van der Waals surface area contributed by atoms with E-state index in [2.05, 4.69) is 5.32 Å². The van der Waals surface area contributed by atoms with Crippen molar-refractivity contribution >= 4 is 32.6 Å². The van der Waals surface area contributed by atoms with Gasteiger partial charge >= 0.3 is 0 Å². The molecule has 1 aromatic heterocycles. The Kier molecular flexibility index (Phi) is 3.67. The van der Waals surface area contributed by atoms with Crippen molar-refractivity contribution in [2.24, 2.45) is 5.14 Å². The summed E-state index contributed by atoms with van der Waals surface area (Å²) in [4.78, 5) is 12.2. The maximum absolute atomic E-state index is 12.2. The standard InChI is InChI=1S/C16H14N2O4S/c1-10-6-7-12(9-15(10)23(17,20)21)18-16(19)14-8-11-4-2-3-5-13(11)22-14/h2-9H,1H3,(H,18,19)(H2,17,20,21). The first-order chi connectivity index (χ1) is 10.8. The van der Waals surface area contributed by atoms with E-state index in [0.29, 0.717) is 16.8 Å². The molecule has 0 saturated heterocycles. The highest BCUT2D eigenvalue weighted by Gasteiger charge is 2.15. The number of carbonyl (C=O) groups excluding carboxylic acids is 1. The van der Waals surface area contributed by atoms with Crippen LogP contribution >= 0.6 is 0 Å². The van der Waals surface area contributed by atoms with Crippen molar-refractivity contribution in [1.82, 2.24) is 0 Å². The molecule has 0 aliphatic rings. The molecular weight excluding hydrogens is 316 g/mol. The topological polar surface area (TPSA) is 102 Å². The summed E-state index contributed by atoms with van der Waals surface area (Å²) >= 11 is 0. The fraction of sp³-hybridized carbons (Fsp3) is 0.0625. The second-order valence-electron chi connectivity index (χ2n) is 5.13. The Morgan fingerprint density at radius 2 is 1.87 bits per heavy atom. The van der Waals surface area contributed by atoms with Gasteiger partial charge in [-0.25, -0.2) is 13.6 Å². The van der Waals surface area contributed by atoms with Crippen LogP contribution < -0.4 is 10.5 Å². The van der Waals surface area contributed by atoms with Gasteiger partial charge in [-0.3, -0.25) is 4.79 Å². The highest BCUT2D eigenvalue weighted by atomic mass is 32.2. The molecule has 23 heavy (non-hydrogen) atoms. The van der Waals surface area contributed by atoms with Gasteiger partial charge in [0.05, 0.1) is 4.90 Å². The van der Waals surface area contributed by atoms with Crippen molar-refractivity contribution in [2.75, 3.05) is 5.32 Å². The van der Waals surface area contributed by atoms with Crippen LogP contribution in [0.15, 0.2) is 57.8 Å². The van der Waals surface area contributed by atoms with Gasteiger partial charge in [0.2, 0.25) is 10.0 Å². The number of hydrogen-bond acceptors (Lipinski definition) is 4. The third kappa shape index (κ3) is 3.10. The highest BCUT2D eigenvalue weighted by molar-refractivity contribution is 7.89. The molecule has 3 rings (SSSR count). The lowest BCUT2D eigenvalue weighted by atomic mass is 10.2. The number of para-hydroxylation sites is 1. The zero-order chi connectivity index (χ0) is 16.6. The molecule has 0 spiro atoms. The summed E-state index contributed by atoms with van der Waals surface area (Å²) in [5.41, 5.74) is 1.44. The number of amides is 1. The van der Waals surface area contributed by atoms with Crippen molar-refractivity contribution in [2.45, 2.75) is 11.8 Å². The van der Waals surface area contributed by atoms with Crippen molar-refractivity contribution in [3.8, 4) is 0 Å². The molecule has 6 nitrogen and oxygen atoms in total. The Balaban J connectivity index is 1.91. The van der Waals surface area contributed by atoms with Gasteiger partial charge < -0.3 is 9.73 Å². The van der Waals surface area contributed by atoms with Gasteiger partial charge in [-0.2, -0.15) is 0 Å². The quantitative estimate of drug-likeness (QED) is 0.770. The van der Waals surface area contributed by atoms with Crippen LogP contribution in [0.4, 0.5) is 5.69 Å². The number of aryl methyl sites for hydroxylation is 1. The molecule has 0 atom stereocenters. The summed E-state index contributed by atoms with van der Waals surface area (Å²) < 4.78 is 28.5. The SMILES string of the molecule is Cc1ccc(NC(=O)c2cc3ccccc3o2)cc1S(N)(=O)=O. The largest absolute Gasteiger partial charge is 0.451 e. The molecule has 0 fully saturated rings. The molecule has 1 amide bonds. The van der Waals surface area contributed by atoms with Gasteiger partial charge in [0.25, 0.3) is 5.91 Å². The first-order valence-electron chi connectivity index (χ1n) is 6.78. The lowest BCUT2D eigenvalue weighted by Crippen LogP contribution is -2.15. The van der Waals surface area contributed by atoms with Crippen LogP contribution in [-0.2, 0) is 10.0 Å². The summed E-state index contributed by atoms with van der Waals surface area (Å²) in [5, 5.41) is 8.58. The number of benzene rings is 2. The molecule has 0 bridgehead atoms. The second-order valence-corrected chi connectivity index (χ2v) is 6.66. The van der Waals surface area contributed by atoms with Crippen LogP contribution in [0.1, 0.15) is 16.1 Å². The Hall–Kier alpha value is -2.64. The van der Waals surface area contributed by atoms with Crippen molar-refractivity contribution < 1.29 is 17.6 Å². The average Bonchev–Trinajstić information content (AvgIpc) is 2.92. The van der Waals surface area contributed by atoms with E-state index < -0.39 is 15.9 Å². The summed E-state index contributed by atoms with van der Waals surface area (Å²) in [6.07, 6.45) is 0. The number of anilines is 1. The molecule has 0 radical (unpaired) electrons. The van der Waals surface area contributed by atoms with Crippen molar-refractivity contribution in [3.05, 3.63) is 59.9 Å². The fourth-order valence-electron chi connectivity index (χ4n) is 2.27. The lowest BCUT2D eigenvalue weighted by molar-refractivity contribution is 0.0998. The Bertz CT molecular complexity index is 973. The van der Waals surface area contributed by atoms with Crippen LogP contribution in [-0.4, -0.2) is 14.3 Å². The van der Waals surface area contributed by atoms with E-state index in [1.807, 2.05) is 18.2 Å². The summed E-state index contributed by atoms with van der Waals surface area (Å²) in [6.45, 7) is 1.63. The van der Waals surface area contributed by atoms with Crippen molar-refractivity contribution in [1.29, 1.82) is 0 Å². The lowest BCUT2D eigenvalue weighted by Gasteiger charge is -2.07. The van der Waals surface area contributed by atoms with Gasteiger partial charge in [-0.05, 0) is 36.8 Å². The molecule has 3 N–H and O–H groups in total. The Morgan fingerprint density at radius 1 is 1.13 bits per heavy atom. The molecule has 0 aliphatic heterocycles. The van der Waals surface area contributed by atoms with E-state index in [-0.39, 0.29) is 10.7 Å². The number of rotatable bonds is 3. The molecule has 2 aromatic carbocycles. The predicted octanol–water partition coefficient (Wildman–Crippen LogP) is 2.64. The number of fused-ring (bicyclic) bond motifs is 1. The minimum atomic E-state index is -3.85. The van der Waals surface area contributed by atoms with Crippen LogP contribution in [0.2, 0.25) is 0 Å². The maximum atomic E-state index is 12.2. The number of furan rings is 1. The molecule has 1 heterocycles. The van der Waals surface area contributed by atoms with E-state index in [9.17, 15) is 13.2 Å². The zero-order valence-electron chi connectivity index (χ0n) is 12.2. The third-order valence-corrected chi connectivity index (χ3v) is 4.45.